The normalized spacial score (nSPS) is 14.8. The zero-order valence-corrected chi connectivity index (χ0v) is 10.3. The molecule has 0 saturated heterocycles. The topological polar surface area (TPSA) is 45.1 Å². The largest absolute Gasteiger partial charge is 0.384 e. The third kappa shape index (κ3) is 2.46. The first-order valence-electron chi connectivity index (χ1n) is 5.91. The molecule has 0 saturated carbocycles. The summed E-state index contributed by atoms with van der Waals surface area (Å²) in [5.74, 6) is 0. The van der Waals surface area contributed by atoms with E-state index in [1.54, 1.807) is 6.20 Å². The molecule has 0 radical (unpaired) electrons. The van der Waals surface area contributed by atoms with Crippen molar-refractivity contribution in [1.29, 1.82) is 0 Å². The molecular weight excluding hydrogens is 212 g/mol. The molecule has 1 aromatic carbocycles. The Hall–Kier alpha value is -1.45. The highest BCUT2D eigenvalue weighted by Crippen LogP contribution is 2.27. The molecule has 90 valence electrons. The zero-order chi connectivity index (χ0) is 12.3. The molecule has 1 unspecified atom stereocenters. The Morgan fingerprint density at radius 1 is 1.35 bits per heavy atom. The number of rotatable bonds is 4. The fraction of sp³-hybridized carbons (Fsp3) is 0.357. The molecule has 3 nitrogen and oxygen atoms in total. The van der Waals surface area contributed by atoms with Gasteiger partial charge in [0, 0.05) is 24.3 Å². The predicted octanol–water partition coefficient (Wildman–Crippen LogP) is 2.05. The van der Waals surface area contributed by atoms with E-state index in [2.05, 4.69) is 10.3 Å². The lowest BCUT2D eigenvalue weighted by Gasteiger charge is -2.25. The van der Waals surface area contributed by atoms with Crippen LogP contribution in [0.3, 0.4) is 0 Å². The van der Waals surface area contributed by atoms with Crippen molar-refractivity contribution in [2.24, 2.45) is 0 Å². The van der Waals surface area contributed by atoms with Gasteiger partial charge in [0.1, 0.15) is 0 Å². The molecule has 0 aliphatic heterocycles. The minimum absolute atomic E-state index is 0.539. The zero-order valence-electron chi connectivity index (χ0n) is 10.3. The van der Waals surface area contributed by atoms with Gasteiger partial charge in [0.25, 0.3) is 0 Å². The van der Waals surface area contributed by atoms with E-state index in [9.17, 15) is 5.11 Å². The van der Waals surface area contributed by atoms with Crippen LogP contribution in [-0.2, 0) is 5.60 Å². The average molecular weight is 230 g/mol. The summed E-state index contributed by atoms with van der Waals surface area (Å²) in [5.41, 5.74) is 0.0440. The van der Waals surface area contributed by atoms with Crippen molar-refractivity contribution in [3.8, 4) is 0 Å². The van der Waals surface area contributed by atoms with Gasteiger partial charge >= 0.3 is 0 Å². The molecule has 0 bridgehead atoms. The molecule has 0 spiro atoms. The summed E-state index contributed by atoms with van der Waals surface area (Å²) in [5, 5.41) is 15.8. The number of hydrogen-bond donors (Lipinski definition) is 2. The molecule has 17 heavy (non-hydrogen) atoms. The fourth-order valence-electron chi connectivity index (χ4n) is 2.05. The van der Waals surface area contributed by atoms with Gasteiger partial charge in [0.2, 0.25) is 0 Å². The summed E-state index contributed by atoms with van der Waals surface area (Å²) in [6.45, 7) is 5.24. The highest BCUT2D eigenvalue weighted by Gasteiger charge is 2.24. The van der Waals surface area contributed by atoms with E-state index in [4.69, 9.17) is 0 Å². The average Bonchev–Trinajstić information content (AvgIpc) is 2.36. The molecule has 2 rings (SSSR count). The maximum absolute atomic E-state index is 10.5. The van der Waals surface area contributed by atoms with Gasteiger partial charge in [-0.2, -0.15) is 0 Å². The number of nitrogens with zero attached hydrogens (tertiary/aromatic N) is 1. The van der Waals surface area contributed by atoms with Crippen molar-refractivity contribution in [1.82, 2.24) is 10.3 Å². The van der Waals surface area contributed by atoms with Gasteiger partial charge < -0.3 is 10.4 Å². The summed E-state index contributed by atoms with van der Waals surface area (Å²) < 4.78 is 0. The molecule has 0 aliphatic carbocycles. The van der Waals surface area contributed by atoms with Crippen LogP contribution in [0.4, 0.5) is 0 Å². The third-order valence-corrected chi connectivity index (χ3v) is 2.98. The molecule has 0 amide bonds. The van der Waals surface area contributed by atoms with E-state index in [1.165, 1.54) is 0 Å². The van der Waals surface area contributed by atoms with Crippen LogP contribution in [0.1, 0.15) is 19.4 Å². The van der Waals surface area contributed by atoms with Crippen LogP contribution in [0.15, 0.2) is 36.7 Å². The number of nitrogens with one attached hydrogen (secondary N) is 1. The summed E-state index contributed by atoms with van der Waals surface area (Å²) in [4.78, 5) is 4.14. The van der Waals surface area contributed by atoms with Crippen molar-refractivity contribution in [2.75, 3.05) is 13.1 Å². The standard InChI is InChI=1S/C14H18N2O/c1-3-15-10-14(2,17)13-6-4-5-11-7-8-16-9-12(11)13/h4-9,15,17H,3,10H2,1-2H3. The van der Waals surface area contributed by atoms with Crippen molar-refractivity contribution in [2.45, 2.75) is 19.4 Å². The van der Waals surface area contributed by atoms with Gasteiger partial charge in [-0.25, -0.2) is 0 Å². The third-order valence-electron chi connectivity index (χ3n) is 2.98. The molecule has 1 heterocycles. The van der Waals surface area contributed by atoms with E-state index >= 15 is 0 Å². The summed E-state index contributed by atoms with van der Waals surface area (Å²) in [6, 6.07) is 7.92. The highest BCUT2D eigenvalue weighted by molar-refractivity contribution is 5.85. The van der Waals surface area contributed by atoms with Crippen LogP contribution in [0.25, 0.3) is 10.8 Å². The van der Waals surface area contributed by atoms with Gasteiger partial charge in [-0.1, -0.05) is 25.1 Å². The maximum Gasteiger partial charge on any atom is 0.0998 e. The molecule has 1 aromatic heterocycles. The Morgan fingerprint density at radius 3 is 2.94 bits per heavy atom. The minimum atomic E-state index is -0.876. The molecule has 0 aliphatic rings. The fourth-order valence-corrected chi connectivity index (χ4v) is 2.05. The van der Waals surface area contributed by atoms with E-state index in [-0.39, 0.29) is 0 Å². The molecule has 2 N–H and O–H groups in total. The maximum atomic E-state index is 10.5. The Balaban J connectivity index is 2.47. The number of aliphatic hydroxyl groups is 1. The SMILES string of the molecule is CCNCC(C)(O)c1cccc2ccncc12. The van der Waals surface area contributed by atoms with Crippen molar-refractivity contribution >= 4 is 10.8 Å². The monoisotopic (exact) mass is 230 g/mol. The predicted molar refractivity (Wildman–Crippen MR) is 69.9 cm³/mol. The molecule has 1 atom stereocenters. The van der Waals surface area contributed by atoms with Gasteiger partial charge in [-0.15, -0.1) is 0 Å². The van der Waals surface area contributed by atoms with Gasteiger partial charge in [-0.3, -0.25) is 4.98 Å². The minimum Gasteiger partial charge on any atom is -0.384 e. The number of fused-ring (bicyclic) bond motifs is 1. The summed E-state index contributed by atoms with van der Waals surface area (Å²) in [6.07, 6.45) is 3.58. The van der Waals surface area contributed by atoms with Crippen LogP contribution < -0.4 is 5.32 Å². The number of pyridine rings is 1. The summed E-state index contributed by atoms with van der Waals surface area (Å²) in [7, 11) is 0. The van der Waals surface area contributed by atoms with Gasteiger partial charge in [0.05, 0.1) is 5.60 Å². The quantitative estimate of drug-likeness (QED) is 0.845. The number of aromatic nitrogens is 1. The molecule has 0 fully saturated rings. The smallest absolute Gasteiger partial charge is 0.0998 e. The molecule has 2 aromatic rings. The second-order valence-corrected chi connectivity index (χ2v) is 4.46. The van der Waals surface area contributed by atoms with E-state index in [0.717, 1.165) is 22.9 Å². The Labute approximate surface area is 102 Å². The first-order valence-corrected chi connectivity index (χ1v) is 5.91. The Morgan fingerprint density at radius 2 is 2.18 bits per heavy atom. The molecular formula is C14H18N2O. The van der Waals surface area contributed by atoms with Crippen LogP contribution in [0.2, 0.25) is 0 Å². The first kappa shape index (κ1) is 12.0. The van der Waals surface area contributed by atoms with Crippen LogP contribution in [-0.4, -0.2) is 23.2 Å². The highest BCUT2D eigenvalue weighted by atomic mass is 16.3. The van der Waals surface area contributed by atoms with Gasteiger partial charge in [0.15, 0.2) is 0 Å². The van der Waals surface area contributed by atoms with E-state index in [0.29, 0.717) is 6.54 Å². The van der Waals surface area contributed by atoms with Crippen LogP contribution >= 0.6 is 0 Å². The number of likely N-dealkylation sites (N-methyl/N-ethyl adjacent to an activating group) is 1. The lowest BCUT2D eigenvalue weighted by atomic mass is 9.92. The Kier molecular flexibility index (Phi) is 3.41. The lowest BCUT2D eigenvalue weighted by molar-refractivity contribution is 0.0591. The van der Waals surface area contributed by atoms with E-state index in [1.807, 2.05) is 44.3 Å². The van der Waals surface area contributed by atoms with E-state index < -0.39 is 5.60 Å². The lowest BCUT2D eigenvalue weighted by Crippen LogP contribution is -2.35. The molecule has 3 heteroatoms. The van der Waals surface area contributed by atoms with Crippen molar-refractivity contribution < 1.29 is 5.11 Å². The number of hydrogen-bond acceptors (Lipinski definition) is 3. The van der Waals surface area contributed by atoms with Crippen LogP contribution in [0.5, 0.6) is 0 Å². The van der Waals surface area contributed by atoms with Crippen molar-refractivity contribution in [3.63, 3.8) is 0 Å². The van der Waals surface area contributed by atoms with Crippen LogP contribution in [0, 0.1) is 0 Å². The van der Waals surface area contributed by atoms with Gasteiger partial charge in [-0.05, 0) is 30.5 Å². The second kappa shape index (κ2) is 4.82. The second-order valence-electron chi connectivity index (χ2n) is 4.46. The van der Waals surface area contributed by atoms with Crippen molar-refractivity contribution in [3.05, 3.63) is 42.2 Å². The number of benzene rings is 1. The Bertz CT molecular complexity index is 503. The summed E-state index contributed by atoms with van der Waals surface area (Å²) >= 11 is 0. The first-order chi connectivity index (χ1) is 8.15.